The number of nitrogen functional groups attached to an aromatic ring is 4. The van der Waals surface area contributed by atoms with Crippen LogP contribution in [0.1, 0.15) is 39.5 Å². The Morgan fingerprint density at radius 2 is 0.660 bits per heavy atom. The average Bonchev–Trinajstić information content (AvgIpc) is 3.11. The van der Waals surface area contributed by atoms with Crippen LogP contribution in [-0.2, 0) is 0 Å². The van der Waals surface area contributed by atoms with Gasteiger partial charge in [0.05, 0.1) is 0 Å². The number of hydrogen-bond acceptors (Lipinski definition) is 10. The van der Waals surface area contributed by atoms with Gasteiger partial charge in [0.1, 0.15) is 0 Å². The molecule has 0 aliphatic carbocycles. The lowest BCUT2D eigenvalue weighted by Crippen LogP contribution is -2.37. The van der Waals surface area contributed by atoms with E-state index in [0.29, 0.717) is 12.1 Å². The molecule has 50 heavy (non-hydrogen) atoms. The van der Waals surface area contributed by atoms with Gasteiger partial charge in [0.15, 0.2) is 0 Å². The molecule has 0 aromatic heterocycles. The quantitative estimate of drug-likeness (QED) is 0.0459. The van der Waals surface area contributed by atoms with Gasteiger partial charge in [-0.1, -0.05) is 13.8 Å². The molecule has 10 heteroatoms. The Bertz CT molecular complexity index is 1330. The van der Waals surface area contributed by atoms with Crippen LogP contribution in [0.15, 0.2) is 97.1 Å². The summed E-state index contributed by atoms with van der Waals surface area (Å²) < 4.78 is 0. The minimum atomic E-state index is 0.521. The highest BCUT2D eigenvalue weighted by molar-refractivity contribution is 5.53. The van der Waals surface area contributed by atoms with Gasteiger partial charge in [0.25, 0.3) is 0 Å². The summed E-state index contributed by atoms with van der Waals surface area (Å²) >= 11 is 0. The number of anilines is 8. The van der Waals surface area contributed by atoms with Crippen LogP contribution >= 0.6 is 0 Å². The van der Waals surface area contributed by atoms with Crippen LogP contribution in [0.2, 0.25) is 0 Å². The molecule has 0 amide bonds. The Kier molecular flexibility index (Phi) is 17.5. The van der Waals surface area contributed by atoms with Crippen molar-refractivity contribution in [2.45, 2.75) is 51.6 Å². The molecule has 0 atom stereocenters. The second kappa shape index (κ2) is 22.0. The molecule has 0 spiro atoms. The predicted octanol–water partition coefficient (Wildman–Crippen LogP) is 6.95. The molecule has 12 N–H and O–H groups in total. The fraction of sp³-hybridized carbons (Fsp3) is 0.400. The van der Waals surface area contributed by atoms with Gasteiger partial charge < -0.3 is 54.0 Å². The molecule has 0 heterocycles. The van der Waals surface area contributed by atoms with Gasteiger partial charge in [-0.05, 0) is 150 Å². The summed E-state index contributed by atoms with van der Waals surface area (Å²) in [6, 6.07) is 32.7. The number of nitrogens with zero attached hydrogens (tertiary/aromatic N) is 2. The Labute approximate surface area is 301 Å². The van der Waals surface area contributed by atoms with E-state index in [1.165, 1.54) is 0 Å². The molecule has 0 aliphatic rings. The predicted molar refractivity (Wildman–Crippen MR) is 220 cm³/mol. The Hall–Kier alpha value is -4.80. The summed E-state index contributed by atoms with van der Waals surface area (Å²) in [6.07, 6.45) is 4.38. The summed E-state index contributed by atoms with van der Waals surface area (Å²) in [5.41, 5.74) is 30.5. The van der Waals surface area contributed by atoms with Gasteiger partial charge in [0.2, 0.25) is 0 Å². The molecule has 0 bridgehead atoms. The summed E-state index contributed by atoms with van der Waals surface area (Å²) in [7, 11) is 4.27. The Morgan fingerprint density at radius 3 is 0.880 bits per heavy atom. The van der Waals surface area contributed by atoms with Crippen LogP contribution in [0.4, 0.5) is 45.5 Å². The smallest absolute Gasteiger partial charge is 0.0341 e. The Balaban J connectivity index is 0.000000271. The topological polar surface area (TPSA) is 159 Å². The van der Waals surface area contributed by atoms with E-state index >= 15 is 0 Å². The van der Waals surface area contributed by atoms with Crippen LogP contribution in [0.3, 0.4) is 0 Å². The molecule has 0 saturated heterocycles. The third-order valence-corrected chi connectivity index (χ3v) is 8.93. The van der Waals surface area contributed by atoms with Crippen LogP contribution in [0, 0.1) is 0 Å². The molecule has 0 fully saturated rings. The van der Waals surface area contributed by atoms with Crippen molar-refractivity contribution in [3.8, 4) is 0 Å². The average molecular weight is 683 g/mol. The van der Waals surface area contributed by atoms with Crippen molar-refractivity contribution in [3.63, 3.8) is 0 Å². The monoisotopic (exact) mass is 683 g/mol. The fourth-order valence-corrected chi connectivity index (χ4v) is 5.85. The second-order valence-electron chi connectivity index (χ2n) is 12.8. The minimum Gasteiger partial charge on any atom is -0.399 e. The normalized spacial score (nSPS) is 11.0. The Morgan fingerprint density at radius 1 is 0.420 bits per heavy atom. The zero-order valence-corrected chi connectivity index (χ0v) is 30.7. The molecule has 10 nitrogen and oxygen atoms in total. The van der Waals surface area contributed by atoms with Crippen LogP contribution in [0.5, 0.6) is 0 Å². The third-order valence-electron chi connectivity index (χ3n) is 8.93. The SMILES string of the molecule is CCN(CC)C(CCNc1ccc(N)cc1)CCNc1ccc(N)cc1.CN(C)C(CCNc1ccc(N)cc1)CCNc1ccc(N)cc1. The van der Waals surface area contributed by atoms with Gasteiger partial charge in [-0.2, -0.15) is 0 Å². The third kappa shape index (κ3) is 15.2. The standard InChI is InChI=1S/C21H33N5.C19H29N5/c1-3-26(4-2)21(13-15-24-19-9-5-17(22)6-10-19)14-16-25-20-11-7-18(23)8-12-20;1-24(2)19(11-13-22-17-7-3-15(20)4-8-17)12-14-23-18-9-5-16(21)6-10-18/h5-12,21,24-25H,3-4,13-16,22-23H2,1-2H3;3-10,19,22-23H,11-14,20-21H2,1-2H3. The van der Waals surface area contributed by atoms with E-state index in [-0.39, 0.29) is 0 Å². The fourth-order valence-electron chi connectivity index (χ4n) is 5.85. The van der Waals surface area contributed by atoms with Gasteiger partial charge in [-0.3, -0.25) is 0 Å². The second-order valence-corrected chi connectivity index (χ2v) is 12.8. The summed E-state index contributed by atoms with van der Waals surface area (Å²) in [6.45, 7) is 10.4. The van der Waals surface area contributed by atoms with E-state index < -0.39 is 0 Å². The number of nitrogens with one attached hydrogen (secondary N) is 4. The first-order chi connectivity index (χ1) is 24.2. The van der Waals surface area contributed by atoms with Crippen LogP contribution in [-0.4, -0.2) is 75.2 Å². The molecule has 272 valence electrons. The molecular weight excluding hydrogens is 621 g/mol. The van der Waals surface area contributed by atoms with Gasteiger partial charge in [-0.15, -0.1) is 0 Å². The molecule has 0 saturated carbocycles. The highest BCUT2D eigenvalue weighted by atomic mass is 15.1. The number of benzene rings is 4. The van der Waals surface area contributed by atoms with Crippen molar-refractivity contribution in [1.82, 2.24) is 9.80 Å². The maximum atomic E-state index is 5.74. The lowest BCUT2D eigenvalue weighted by Gasteiger charge is -2.30. The number of hydrogen-bond donors (Lipinski definition) is 8. The van der Waals surface area contributed by atoms with E-state index in [1.807, 2.05) is 97.1 Å². The molecule has 4 rings (SSSR count). The zero-order valence-electron chi connectivity index (χ0n) is 30.7. The summed E-state index contributed by atoms with van der Waals surface area (Å²) in [5, 5.41) is 13.9. The van der Waals surface area contributed by atoms with Gasteiger partial charge in [-0.25, -0.2) is 0 Å². The van der Waals surface area contributed by atoms with E-state index in [9.17, 15) is 0 Å². The van der Waals surface area contributed by atoms with Crippen LogP contribution in [0.25, 0.3) is 0 Å². The van der Waals surface area contributed by atoms with E-state index in [4.69, 9.17) is 22.9 Å². The molecule has 0 radical (unpaired) electrons. The maximum absolute atomic E-state index is 5.74. The van der Waals surface area contributed by atoms with Crippen molar-refractivity contribution < 1.29 is 0 Å². The molecule has 0 unspecified atom stereocenters. The summed E-state index contributed by atoms with van der Waals surface area (Å²) in [4.78, 5) is 4.82. The first-order valence-electron chi connectivity index (χ1n) is 17.9. The minimum absolute atomic E-state index is 0.521. The largest absolute Gasteiger partial charge is 0.399 e. The maximum Gasteiger partial charge on any atom is 0.0341 e. The first kappa shape index (κ1) is 39.6. The summed E-state index contributed by atoms with van der Waals surface area (Å²) in [5.74, 6) is 0. The highest BCUT2D eigenvalue weighted by Crippen LogP contribution is 2.16. The highest BCUT2D eigenvalue weighted by Gasteiger charge is 2.15. The van der Waals surface area contributed by atoms with E-state index in [2.05, 4.69) is 59.0 Å². The first-order valence-corrected chi connectivity index (χ1v) is 17.9. The van der Waals surface area contributed by atoms with E-state index in [0.717, 1.165) is 110 Å². The van der Waals surface area contributed by atoms with Crippen LogP contribution < -0.4 is 44.2 Å². The molecule has 4 aromatic rings. The van der Waals surface area contributed by atoms with Crippen molar-refractivity contribution >= 4 is 45.5 Å². The van der Waals surface area contributed by atoms with Crippen molar-refractivity contribution in [3.05, 3.63) is 97.1 Å². The zero-order chi connectivity index (χ0) is 36.1. The molecule has 0 aliphatic heterocycles. The molecular formula is C40H62N10. The lowest BCUT2D eigenvalue weighted by molar-refractivity contribution is 0.202. The van der Waals surface area contributed by atoms with Gasteiger partial charge >= 0.3 is 0 Å². The lowest BCUT2D eigenvalue weighted by atomic mass is 10.1. The van der Waals surface area contributed by atoms with E-state index in [1.54, 1.807) is 0 Å². The van der Waals surface area contributed by atoms with Crippen molar-refractivity contribution in [2.75, 3.05) is 97.6 Å². The van der Waals surface area contributed by atoms with Crippen molar-refractivity contribution in [1.29, 1.82) is 0 Å². The number of nitrogens with two attached hydrogens (primary N) is 4. The number of rotatable bonds is 20. The van der Waals surface area contributed by atoms with Crippen molar-refractivity contribution in [2.24, 2.45) is 0 Å². The molecule has 4 aromatic carbocycles. The van der Waals surface area contributed by atoms with Gasteiger partial charge in [0, 0.05) is 83.8 Å².